The summed E-state index contributed by atoms with van der Waals surface area (Å²) < 4.78 is 37.1. The third kappa shape index (κ3) is 10.1. The summed E-state index contributed by atoms with van der Waals surface area (Å²) in [5.41, 5.74) is 1.38. The van der Waals surface area contributed by atoms with Crippen LogP contribution in [0.4, 0.5) is 5.69 Å². The molecule has 0 bridgehead atoms. The lowest BCUT2D eigenvalue weighted by Gasteiger charge is -2.31. The van der Waals surface area contributed by atoms with Gasteiger partial charge in [0.25, 0.3) is 0 Å². The Hall–Kier alpha value is -3.27. The molecule has 1 atom stereocenters. The molecule has 0 saturated carbocycles. The Kier molecular flexibility index (Phi) is 13.1. The van der Waals surface area contributed by atoms with Crippen molar-refractivity contribution in [1.82, 2.24) is 10.2 Å². The van der Waals surface area contributed by atoms with Crippen LogP contribution in [0.5, 0.6) is 11.5 Å². The number of rotatable bonds is 17. The third-order valence-corrected chi connectivity index (χ3v) is 7.51. The molecule has 0 heterocycles. The summed E-state index contributed by atoms with van der Waals surface area (Å²) in [6.07, 6.45) is 3.82. The SMILES string of the molecule is CCCCNC(=O)[C@H](CC)N(Cc1ccc(OC)cc1)C(=O)CCCN(c1ccc(OCC)cc1)S(C)(=O)=O. The lowest BCUT2D eigenvalue weighted by molar-refractivity contribution is -0.141. The van der Waals surface area contributed by atoms with E-state index in [1.165, 1.54) is 4.31 Å². The van der Waals surface area contributed by atoms with Crippen molar-refractivity contribution in [2.75, 3.05) is 37.4 Å². The van der Waals surface area contributed by atoms with Crippen molar-refractivity contribution in [1.29, 1.82) is 0 Å². The number of unbranched alkanes of at least 4 members (excludes halogenated alkanes) is 1. The molecule has 0 aliphatic heterocycles. The van der Waals surface area contributed by atoms with E-state index in [0.29, 0.717) is 43.2 Å². The molecule has 0 unspecified atom stereocenters. The number of anilines is 1. The largest absolute Gasteiger partial charge is 0.497 e. The van der Waals surface area contributed by atoms with Gasteiger partial charge in [0, 0.05) is 26.1 Å². The van der Waals surface area contributed by atoms with Crippen LogP contribution in [0.1, 0.15) is 58.4 Å². The summed E-state index contributed by atoms with van der Waals surface area (Å²) >= 11 is 0. The fraction of sp³-hybridized carbons (Fsp3) is 0.517. The molecule has 0 spiro atoms. The zero-order valence-corrected chi connectivity index (χ0v) is 24.6. The second kappa shape index (κ2) is 16.0. The van der Waals surface area contributed by atoms with E-state index in [4.69, 9.17) is 9.47 Å². The summed E-state index contributed by atoms with van der Waals surface area (Å²) in [5.74, 6) is 0.974. The van der Waals surface area contributed by atoms with Crippen LogP contribution in [-0.2, 0) is 26.2 Å². The number of nitrogens with zero attached hydrogens (tertiary/aromatic N) is 2. The number of carbonyl (C=O) groups is 2. The minimum atomic E-state index is -3.57. The first-order valence-corrected chi connectivity index (χ1v) is 15.4. The molecule has 0 radical (unpaired) electrons. The number of methoxy groups -OCH3 is 1. The third-order valence-electron chi connectivity index (χ3n) is 6.32. The van der Waals surface area contributed by atoms with Gasteiger partial charge in [0.2, 0.25) is 21.8 Å². The summed E-state index contributed by atoms with van der Waals surface area (Å²) in [6.45, 7) is 7.28. The maximum absolute atomic E-state index is 13.5. The maximum atomic E-state index is 13.5. The normalized spacial score (nSPS) is 11.9. The predicted molar refractivity (Wildman–Crippen MR) is 155 cm³/mol. The van der Waals surface area contributed by atoms with Crippen molar-refractivity contribution in [2.24, 2.45) is 0 Å². The Labute approximate surface area is 233 Å². The van der Waals surface area contributed by atoms with Crippen molar-refractivity contribution in [2.45, 2.75) is 65.5 Å². The number of ether oxygens (including phenoxy) is 2. The molecule has 39 heavy (non-hydrogen) atoms. The van der Waals surface area contributed by atoms with Gasteiger partial charge in [-0.25, -0.2) is 8.42 Å². The first-order valence-electron chi connectivity index (χ1n) is 13.5. The van der Waals surface area contributed by atoms with Gasteiger partial charge >= 0.3 is 0 Å². The number of nitrogens with one attached hydrogen (secondary N) is 1. The summed E-state index contributed by atoms with van der Waals surface area (Å²) in [7, 11) is -1.98. The van der Waals surface area contributed by atoms with Gasteiger partial charge < -0.3 is 19.7 Å². The van der Waals surface area contributed by atoms with E-state index >= 15 is 0 Å². The van der Waals surface area contributed by atoms with Gasteiger partial charge in [-0.05, 0) is 68.1 Å². The van der Waals surface area contributed by atoms with Gasteiger partial charge in [0.15, 0.2) is 0 Å². The van der Waals surface area contributed by atoms with Crippen molar-refractivity contribution in [3.05, 3.63) is 54.1 Å². The first-order chi connectivity index (χ1) is 18.6. The molecular weight excluding hydrogens is 518 g/mol. The number of hydrogen-bond donors (Lipinski definition) is 1. The van der Waals surface area contributed by atoms with Crippen LogP contribution < -0.4 is 19.1 Å². The van der Waals surface area contributed by atoms with E-state index in [0.717, 1.165) is 24.7 Å². The zero-order valence-electron chi connectivity index (χ0n) is 23.8. The second-order valence-corrected chi connectivity index (χ2v) is 11.2. The highest BCUT2D eigenvalue weighted by molar-refractivity contribution is 7.92. The first kappa shape index (κ1) is 31.9. The average molecular weight is 562 g/mol. The highest BCUT2D eigenvalue weighted by Crippen LogP contribution is 2.23. The van der Waals surface area contributed by atoms with E-state index in [2.05, 4.69) is 12.2 Å². The molecule has 0 aliphatic rings. The lowest BCUT2D eigenvalue weighted by atomic mass is 10.1. The van der Waals surface area contributed by atoms with Crippen molar-refractivity contribution in [3.63, 3.8) is 0 Å². The summed E-state index contributed by atoms with van der Waals surface area (Å²) in [4.78, 5) is 28.2. The maximum Gasteiger partial charge on any atom is 0.242 e. The summed E-state index contributed by atoms with van der Waals surface area (Å²) in [5, 5.41) is 2.95. The van der Waals surface area contributed by atoms with Crippen LogP contribution in [0.15, 0.2) is 48.5 Å². The van der Waals surface area contributed by atoms with Gasteiger partial charge in [0.05, 0.1) is 25.7 Å². The van der Waals surface area contributed by atoms with Crippen LogP contribution in [-0.4, -0.2) is 64.2 Å². The summed E-state index contributed by atoms with van der Waals surface area (Å²) in [6, 6.07) is 13.6. The highest BCUT2D eigenvalue weighted by Gasteiger charge is 2.28. The van der Waals surface area contributed by atoms with Crippen molar-refractivity contribution < 1.29 is 27.5 Å². The standard InChI is InChI=1S/C29H43N3O6S/c1-6-9-20-30-29(34)27(7-2)31(22-23-12-16-25(37-4)17-13-23)28(33)11-10-21-32(39(5,35)36)24-14-18-26(19-15-24)38-8-3/h12-19,27H,6-11,20-22H2,1-5H3,(H,30,34)/t27-/m0/s1. The molecule has 0 aromatic heterocycles. The van der Waals surface area contributed by atoms with E-state index in [-0.39, 0.29) is 31.3 Å². The molecule has 10 heteroatoms. The Morgan fingerprint density at radius 2 is 1.59 bits per heavy atom. The Morgan fingerprint density at radius 3 is 2.13 bits per heavy atom. The quantitative estimate of drug-likeness (QED) is 0.288. The molecule has 216 valence electrons. The predicted octanol–water partition coefficient (Wildman–Crippen LogP) is 4.36. The minimum Gasteiger partial charge on any atom is -0.497 e. The Morgan fingerprint density at radius 1 is 0.949 bits per heavy atom. The molecule has 1 N–H and O–H groups in total. The van der Waals surface area contributed by atoms with Crippen LogP contribution in [0.3, 0.4) is 0 Å². The number of amides is 2. The molecule has 9 nitrogen and oxygen atoms in total. The van der Waals surface area contributed by atoms with Gasteiger partial charge in [-0.1, -0.05) is 32.4 Å². The zero-order chi connectivity index (χ0) is 28.8. The monoisotopic (exact) mass is 561 g/mol. The van der Waals surface area contributed by atoms with E-state index in [9.17, 15) is 18.0 Å². The molecule has 0 fully saturated rings. The smallest absolute Gasteiger partial charge is 0.242 e. The molecule has 2 amide bonds. The van der Waals surface area contributed by atoms with Crippen LogP contribution in [0.25, 0.3) is 0 Å². The number of benzene rings is 2. The van der Waals surface area contributed by atoms with E-state index in [1.807, 2.05) is 38.1 Å². The fourth-order valence-electron chi connectivity index (χ4n) is 4.23. The van der Waals surface area contributed by atoms with E-state index < -0.39 is 16.1 Å². The van der Waals surface area contributed by atoms with Gasteiger partial charge in [-0.3, -0.25) is 13.9 Å². The molecular formula is C29H43N3O6S. The van der Waals surface area contributed by atoms with E-state index in [1.54, 1.807) is 36.3 Å². The Bertz CT molecular complexity index is 1140. The second-order valence-electron chi connectivity index (χ2n) is 9.30. The molecule has 0 aliphatic carbocycles. The number of carbonyl (C=O) groups excluding carboxylic acids is 2. The number of hydrogen-bond acceptors (Lipinski definition) is 6. The Balaban J connectivity index is 2.19. The molecule has 2 aromatic rings. The number of sulfonamides is 1. The molecule has 2 aromatic carbocycles. The molecule has 2 rings (SSSR count). The van der Waals surface area contributed by atoms with Crippen LogP contribution in [0, 0.1) is 0 Å². The van der Waals surface area contributed by atoms with Crippen molar-refractivity contribution >= 4 is 27.5 Å². The topological polar surface area (TPSA) is 105 Å². The van der Waals surface area contributed by atoms with Crippen molar-refractivity contribution in [3.8, 4) is 11.5 Å². The van der Waals surface area contributed by atoms with Crippen LogP contribution in [0.2, 0.25) is 0 Å². The van der Waals surface area contributed by atoms with Crippen LogP contribution >= 0.6 is 0 Å². The van der Waals surface area contributed by atoms with Gasteiger partial charge in [-0.2, -0.15) is 0 Å². The fourth-order valence-corrected chi connectivity index (χ4v) is 5.20. The average Bonchev–Trinajstić information content (AvgIpc) is 2.91. The van der Waals surface area contributed by atoms with Gasteiger partial charge in [-0.15, -0.1) is 0 Å². The van der Waals surface area contributed by atoms with Gasteiger partial charge in [0.1, 0.15) is 17.5 Å². The molecule has 0 saturated heterocycles. The highest BCUT2D eigenvalue weighted by atomic mass is 32.2. The minimum absolute atomic E-state index is 0.0952. The lowest BCUT2D eigenvalue weighted by Crippen LogP contribution is -2.49.